The molecule has 0 aliphatic heterocycles. The number of benzene rings is 2. The molecule has 0 radical (unpaired) electrons. The molecule has 0 unspecified atom stereocenters. The minimum Gasteiger partial charge on any atom is -0.496 e. The fraction of sp³-hybridized carbons (Fsp3) is 0.250. The SMILES string of the molecule is COc1ccccc1CCNCc1cc(F)cc(F)c1. The Kier molecular flexibility index (Phi) is 5.07. The Bertz CT molecular complexity index is 552. The van der Waals surface area contributed by atoms with Gasteiger partial charge >= 0.3 is 0 Å². The smallest absolute Gasteiger partial charge is 0.126 e. The van der Waals surface area contributed by atoms with Crippen LogP contribution in [0.25, 0.3) is 0 Å². The third kappa shape index (κ3) is 4.03. The first-order valence-corrected chi connectivity index (χ1v) is 6.46. The highest BCUT2D eigenvalue weighted by atomic mass is 19.1. The van der Waals surface area contributed by atoms with Crippen molar-refractivity contribution in [2.45, 2.75) is 13.0 Å². The summed E-state index contributed by atoms with van der Waals surface area (Å²) in [6.07, 6.45) is 0.793. The minimum absolute atomic E-state index is 0.434. The largest absolute Gasteiger partial charge is 0.496 e. The number of hydrogen-bond acceptors (Lipinski definition) is 2. The van der Waals surface area contributed by atoms with Gasteiger partial charge in [-0.25, -0.2) is 8.78 Å². The van der Waals surface area contributed by atoms with Crippen molar-refractivity contribution in [2.24, 2.45) is 0 Å². The summed E-state index contributed by atoms with van der Waals surface area (Å²) in [7, 11) is 1.64. The second-order valence-electron chi connectivity index (χ2n) is 4.52. The van der Waals surface area contributed by atoms with Crippen LogP contribution in [0, 0.1) is 11.6 Å². The van der Waals surface area contributed by atoms with Gasteiger partial charge in [0.15, 0.2) is 0 Å². The minimum atomic E-state index is -0.550. The van der Waals surface area contributed by atoms with Gasteiger partial charge in [-0.2, -0.15) is 0 Å². The lowest BCUT2D eigenvalue weighted by atomic mass is 10.1. The van der Waals surface area contributed by atoms with E-state index in [1.807, 2.05) is 24.3 Å². The van der Waals surface area contributed by atoms with Crippen LogP contribution in [0.2, 0.25) is 0 Å². The first-order chi connectivity index (χ1) is 9.69. The summed E-state index contributed by atoms with van der Waals surface area (Å²) >= 11 is 0. The molecule has 2 nitrogen and oxygen atoms in total. The van der Waals surface area contributed by atoms with Crippen LogP contribution < -0.4 is 10.1 Å². The average Bonchev–Trinajstić information content (AvgIpc) is 2.43. The molecule has 4 heteroatoms. The lowest BCUT2D eigenvalue weighted by Crippen LogP contribution is -2.17. The van der Waals surface area contributed by atoms with Crippen LogP contribution in [-0.4, -0.2) is 13.7 Å². The molecule has 0 saturated carbocycles. The van der Waals surface area contributed by atoms with Crippen LogP contribution >= 0.6 is 0 Å². The maximum Gasteiger partial charge on any atom is 0.126 e. The number of nitrogens with one attached hydrogen (secondary N) is 1. The fourth-order valence-electron chi connectivity index (χ4n) is 2.08. The molecule has 2 aromatic rings. The average molecular weight is 277 g/mol. The van der Waals surface area contributed by atoms with E-state index in [9.17, 15) is 8.78 Å². The summed E-state index contributed by atoms with van der Waals surface area (Å²) in [5.41, 5.74) is 1.70. The summed E-state index contributed by atoms with van der Waals surface area (Å²) in [5, 5.41) is 3.17. The van der Waals surface area contributed by atoms with Gasteiger partial charge in [-0.3, -0.25) is 0 Å². The number of methoxy groups -OCH3 is 1. The van der Waals surface area contributed by atoms with Crippen LogP contribution in [0.3, 0.4) is 0 Å². The van der Waals surface area contributed by atoms with Gasteiger partial charge < -0.3 is 10.1 Å². The van der Waals surface area contributed by atoms with Crippen molar-refractivity contribution in [3.05, 3.63) is 65.2 Å². The predicted octanol–water partition coefficient (Wildman–Crippen LogP) is 3.31. The van der Waals surface area contributed by atoms with Crippen molar-refractivity contribution in [2.75, 3.05) is 13.7 Å². The van der Waals surface area contributed by atoms with Gasteiger partial charge in [-0.05, 0) is 42.3 Å². The van der Waals surface area contributed by atoms with Gasteiger partial charge in [0.1, 0.15) is 17.4 Å². The van der Waals surface area contributed by atoms with E-state index in [0.717, 1.165) is 23.8 Å². The Morgan fingerprint density at radius 3 is 2.45 bits per heavy atom. The highest BCUT2D eigenvalue weighted by molar-refractivity contribution is 5.33. The highest BCUT2D eigenvalue weighted by Crippen LogP contribution is 2.17. The Balaban J connectivity index is 1.84. The van der Waals surface area contributed by atoms with Gasteiger partial charge in [0, 0.05) is 12.6 Å². The fourth-order valence-corrected chi connectivity index (χ4v) is 2.08. The summed E-state index contributed by atoms with van der Waals surface area (Å²) in [4.78, 5) is 0. The Labute approximate surface area is 117 Å². The second kappa shape index (κ2) is 7.01. The van der Waals surface area contributed by atoms with Crippen LogP contribution in [0.5, 0.6) is 5.75 Å². The van der Waals surface area contributed by atoms with E-state index in [1.165, 1.54) is 12.1 Å². The third-order valence-electron chi connectivity index (χ3n) is 3.02. The van der Waals surface area contributed by atoms with Crippen LogP contribution in [0.1, 0.15) is 11.1 Å². The molecule has 0 saturated heterocycles. The molecular formula is C16H17F2NO. The number of para-hydroxylation sites is 1. The van der Waals surface area contributed by atoms with Gasteiger partial charge in [0.05, 0.1) is 7.11 Å². The van der Waals surface area contributed by atoms with Crippen LogP contribution in [0.15, 0.2) is 42.5 Å². The molecule has 0 fully saturated rings. The maximum absolute atomic E-state index is 13.0. The molecular weight excluding hydrogens is 260 g/mol. The summed E-state index contributed by atoms with van der Waals surface area (Å²) in [6, 6.07) is 11.3. The first-order valence-electron chi connectivity index (χ1n) is 6.46. The highest BCUT2D eigenvalue weighted by Gasteiger charge is 2.02. The zero-order valence-corrected chi connectivity index (χ0v) is 11.3. The molecule has 0 aliphatic carbocycles. The normalized spacial score (nSPS) is 10.6. The van der Waals surface area contributed by atoms with E-state index >= 15 is 0 Å². The zero-order chi connectivity index (χ0) is 14.4. The number of hydrogen-bond donors (Lipinski definition) is 1. The second-order valence-corrected chi connectivity index (χ2v) is 4.52. The topological polar surface area (TPSA) is 21.3 Å². The molecule has 20 heavy (non-hydrogen) atoms. The zero-order valence-electron chi connectivity index (χ0n) is 11.3. The van der Waals surface area contributed by atoms with Crippen LogP contribution in [-0.2, 0) is 13.0 Å². The van der Waals surface area contributed by atoms with Gasteiger partial charge in [-0.1, -0.05) is 18.2 Å². The van der Waals surface area contributed by atoms with Crippen molar-refractivity contribution < 1.29 is 13.5 Å². The van der Waals surface area contributed by atoms with Crippen LogP contribution in [0.4, 0.5) is 8.78 Å². The van der Waals surface area contributed by atoms with Crippen molar-refractivity contribution in [1.29, 1.82) is 0 Å². The summed E-state index contributed by atoms with van der Waals surface area (Å²) in [5.74, 6) is -0.246. The Morgan fingerprint density at radius 2 is 1.75 bits per heavy atom. The number of ether oxygens (including phenoxy) is 1. The van der Waals surface area contributed by atoms with Crippen molar-refractivity contribution in [3.63, 3.8) is 0 Å². The summed E-state index contributed by atoms with van der Waals surface area (Å²) in [6.45, 7) is 1.14. The van der Waals surface area contributed by atoms with Gasteiger partial charge in [0.2, 0.25) is 0 Å². The third-order valence-corrected chi connectivity index (χ3v) is 3.02. The molecule has 106 valence electrons. The van der Waals surface area contributed by atoms with E-state index < -0.39 is 11.6 Å². The molecule has 0 spiro atoms. The van der Waals surface area contributed by atoms with Crippen molar-refractivity contribution in [1.82, 2.24) is 5.32 Å². The molecule has 1 N–H and O–H groups in total. The molecule has 0 aromatic heterocycles. The van der Waals surface area contributed by atoms with Gasteiger partial charge in [-0.15, -0.1) is 0 Å². The molecule has 0 heterocycles. The molecule has 0 bridgehead atoms. The quantitative estimate of drug-likeness (QED) is 0.818. The number of halogens is 2. The van der Waals surface area contributed by atoms with E-state index in [4.69, 9.17) is 4.74 Å². The Morgan fingerprint density at radius 1 is 1.05 bits per heavy atom. The molecule has 0 amide bonds. The lowest BCUT2D eigenvalue weighted by molar-refractivity contribution is 0.409. The lowest BCUT2D eigenvalue weighted by Gasteiger charge is -2.09. The molecule has 0 aliphatic rings. The number of rotatable bonds is 6. The van der Waals surface area contributed by atoms with E-state index in [2.05, 4.69) is 5.32 Å². The molecule has 2 aromatic carbocycles. The summed E-state index contributed by atoms with van der Waals surface area (Å²) < 4.78 is 31.3. The van der Waals surface area contributed by atoms with E-state index in [1.54, 1.807) is 7.11 Å². The predicted molar refractivity (Wildman–Crippen MR) is 74.8 cm³/mol. The van der Waals surface area contributed by atoms with Crippen molar-refractivity contribution >= 4 is 0 Å². The maximum atomic E-state index is 13.0. The van der Waals surface area contributed by atoms with E-state index in [0.29, 0.717) is 18.7 Å². The Hall–Kier alpha value is -1.94. The monoisotopic (exact) mass is 277 g/mol. The van der Waals surface area contributed by atoms with E-state index in [-0.39, 0.29) is 0 Å². The van der Waals surface area contributed by atoms with Gasteiger partial charge in [0.25, 0.3) is 0 Å². The standard InChI is InChI=1S/C16H17F2NO/c1-20-16-5-3-2-4-13(16)6-7-19-11-12-8-14(17)10-15(18)9-12/h2-5,8-10,19H,6-7,11H2,1H3. The molecule has 0 atom stereocenters. The first kappa shape index (κ1) is 14.5. The van der Waals surface area contributed by atoms with Crippen molar-refractivity contribution in [3.8, 4) is 5.75 Å². The molecule has 2 rings (SSSR count).